The summed E-state index contributed by atoms with van der Waals surface area (Å²) < 4.78 is 0. The second-order valence-electron chi connectivity index (χ2n) is 12.8. The number of hydrogen-bond donors (Lipinski definition) is 0. The van der Waals surface area contributed by atoms with Gasteiger partial charge in [0.2, 0.25) is 0 Å². The standard InChI is InChI=1S/C48H30/c1-4-16-36-31(12-1)15-11-23-37(36)33-24-26-34(27-25-33)46-42-21-9-10-22-43(42)47(44-29-28-32-13-2-6-18-39(32)48(44)46)45-30-35-14-3-5-17-38(35)40-19-7-8-20-41(40)45/h1-30H. The van der Waals surface area contributed by atoms with Crippen molar-refractivity contribution in [3.63, 3.8) is 0 Å². The van der Waals surface area contributed by atoms with Gasteiger partial charge in [-0.2, -0.15) is 0 Å². The van der Waals surface area contributed by atoms with Crippen molar-refractivity contribution in [2.24, 2.45) is 0 Å². The van der Waals surface area contributed by atoms with E-state index in [0.29, 0.717) is 0 Å². The molecular formula is C48H30. The van der Waals surface area contributed by atoms with E-state index in [4.69, 9.17) is 0 Å². The Labute approximate surface area is 279 Å². The minimum absolute atomic E-state index is 1.23. The van der Waals surface area contributed by atoms with E-state index >= 15 is 0 Å². The molecule has 0 unspecified atom stereocenters. The van der Waals surface area contributed by atoms with Gasteiger partial charge in [-0.1, -0.05) is 176 Å². The van der Waals surface area contributed by atoms with E-state index in [1.165, 1.54) is 98.0 Å². The molecule has 0 aliphatic heterocycles. The van der Waals surface area contributed by atoms with Gasteiger partial charge in [-0.15, -0.1) is 0 Å². The highest BCUT2D eigenvalue weighted by Gasteiger charge is 2.20. The van der Waals surface area contributed by atoms with Crippen molar-refractivity contribution in [2.45, 2.75) is 0 Å². The molecule has 48 heavy (non-hydrogen) atoms. The fraction of sp³-hybridized carbons (Fsp3) is 0. The summed E-state index contributed by atoms with van der Waals surface area (Å²) in [6, 6.07) is 67.1. The average Bonchev–Trinajstić information content (AvgIpc) is 3.16. The average molecular weight is 607 g/mol. The maximum absolute atomic E-state index is 2.41. The lowest BCUT2D eigenvalue weighted by atomic mass is 9.82. The van der Waals surface area contributed by atoms with E-state index in [-0.39, 0.29) is 0 Å². The summed E-state index contributed by atoms with van der Waals surface area (Å²) in [6.07, 6.45) is 0. The molecule has 0 aliphatic rings. The van der Waals surface area contributed by atoms with Crippen molar-refractivity contribution >= 4 is 64.6 Å². The largest absolute Gasteiger partial charge is 0.0616 e. The Hall–Kier alpha value is -6.24. The van der Waals surface area contributed by atoms with E-state index in [2.05, 4.69) is 182 Å². The lowest BCUT2D eigenvalue weighted by Gasteiger charge is -2.21. The van der Waals surface area contributed by atoms with Gasteiger partial charge in [-0.25, -0.2) is 0 Å². The predicted octanol–water partition coefficient (Wildman–Crippen LogP) is 13.6. The Balaban J connectivity index is 1.32. The van der Waals surface area contributed by atoms with Crippen LogP contribution in [0.1, 0.15) is 0 Å². The number of benzene rings is 10. The molecule has 0 saturated carbocycles. The molecule has 0 spiro atoms. The molecule has 0 amide bonds. The molecule has 0 fully saturated rings. The summed E-state index contributed by atoms with van der Waals surface area (Å²) in [5.41, 5.74) is 7.58. The first-order chi connectivity index (χ1) is 23.8. The van der Waals surface area contributed by atoms with Gasteiger partial charge >= 0.3 is 0 Å². The van der Waals surface area contributed by atoms with Crippen molar-refractivity contribution in [1.29, 1.82) is 0 Å². The molecule has 10 aromatic rings. The fourth-order valence-corrected chi connectivity index (χ4v) is 8.09. The highest BCUT2D eigenvalue weighted by Crippen LogP contribution is 2.48. The van der Waals surface area contributed by atoms with Crippen LogP contribution in [0, 0.1) is 0 Å². The predicted molar refractivity (Wildman–Crippen MR) is 208 cm³/mol. The third kappa shape index (κ3) is 4.03. The summed E-state index contributed by atoms with van der Waals surface area (Å²) in [5.74, 6) is 0. The number of hydrogen-bond acceptors (Lipinski definition) is 0. The normalized spacial score (nSPS) is 11.8. The molecule has 222 valence electrons. The second kappa shape index (κ2) is 10.7. The molecule has 0 radical (unpaired) electrons. The first-order valence-corrected chi connectivity index (χ1v) is 16.7. The van der Waals surface area contributed by atoms with Gasteiger partial charge in [0, 0.05) is 0 Å². The van der Waals surface area contributed by atoms with Gasteiger partial charge in [-0.3, -0.25) is 0 Å². The Morgan fingerprint density at radius 3 is 1.50 bits per heavy atom. The molecule has 10 rings (SSSR count). The van der Waals surface area contributed by atoms with Crippen LogP contribution in [0.5, 0.6) is 0 Å². The van der Waals surface area contributed by atoms with E-state index in [9.17, 15) is 0 Å². The Morgan fingerprint density at radius 1 is 0.229 bits per heavy atom. The zero-order valence-electron chi connectivity index (χ0n) is 26.3. The molecule has 0 heterocycles. The van der Waals surface area contributed by atoms with Gasteiger partial charge in [0.1, 0.15) is 0 Å². The van der Waals surface area contributed by atoms with Gasteiger partial charge in [0.25, 0.3) is 0 Å². The second-order valence-corrected chi connectivity index (χ2v) is 12.8. The number of rotatable bonds is 3. The third-order valence-electron chi connectivity index (χ3n) is 10.2. The van der Waals surface area contributed by atoms with Gasteiger partial charge in [0.15, 0.2) is 0 Å². The number of fused-ring (bicyclic) bond motifs is 8. The van der Waals surface area contributed by atoms with Crippen molar-refractivity contribution in [3.05, 3.63) is 182 Å². The van der Waals surface area contributed by atoms with Crippen LogP contribution >= 0.6 is 0 Å². The molecule has 0 heteroatoms. The molecule has 0 saturated heterocycles. The van der Waals surface area contributed by atoms with Gasteiger partial charge < -0.3 is 0 Å². The van der Waals surface area contributed by atoms with Crippen LogP contribution in [0.2, 0.25) is 0 Å². The van der Waals surface area contributed by atoms with E-state index in [0.717, 1.165) is 0 Å². The van der Waals surface area contributed by atoms with Crippen LogP contribution in [-0.2, 0) is 0 Å². The highest BCUT2D eigenvalue weighted by molar-refractivity contribution is 6.30. The van der Waals surface area contributed by atoms with Gasteiger partial charge in [-0.05, 0) is 104 Å². The van der Waals surface area contributed by atoms with E-state index in [1.807, 2.05) is 0 Å². The van der Waals surface area contributed by atoms with Crippen molar-refractivity contribution < 1.29 is 0 Å². The minimum atomic E-state index is 1.23. The molecule has 0 bridgehead atoms. The lowest BCUT2D eigenvalue weighted by molar-refractivity contribution is 1.64. The Bertz CT molecular complexity index is 2870. The Morgan fingerprint density at radius 2 is 0.750 bits per heavy atom. The monoisotopic (exact) mass is 606 g/mol. The minimum Gasteiger partial charge on any atom is -0.0616 e. The highest BCUT2D eigenvalue weighted by atomic mass is 14.2. The molecular weight excluding hydrogens is 577 g/mol. The summed E-state index contributed by atoms with van der Waals surface area (Å²) in [6.45, 7) is 0. The first kappa shape index (κ1) is 26.9. The molecule has 0 aliphatic carbocycles. The van der Waals surface area contributed by atoms with Crippen molar-refractivity contribution in [2.75, 3.05) is 0 Å². The summed E-state index contributed by atoms with van der Waals surface area (Å²) >= 11 is 0. The molecule has 0 nitrogen and oxygen atoms in total. The molecule has 0 atom stereocenters. The Kier molecular flexibility index (Phi) is 5.98. The summed E-state index contributed by atoms with van der Waals surface area (Å²) in [5, 5.41) is 15.3. The van der Waals surface area contributed by atoms with Crippen LogP contribution < -0.4 is 0 Å². The topological polar surface area (TPSA) is 0 Å². The van der Waals surface area contributed by atoms with Crippen molar-refractivity contribution in [1.82, 2.24) is 0 Å². The maximum atomic E-state index is 2.41. The summed E-state index contributed by atoms with van der Waals surface area (Å²) in [4.78, 5) is 0. The maximum Gasteiger partial charge on any atom is -0.00141 e. The zero-order valence-corrected chi connectivity index (χ0v) is 26.3. The molecule has 10 aromatic carbocycles. The van der Waals surface area contributed by atoms with Crippen LogP contribution in [0.3, 0.4) is 0 Å². The summed E-state index contributed by atoms with van der Waals surface area (Å²) in [7, 11) is 0. The SMILES string of the molecule is c1ccc2c(-c3ccc(-c4c5ccccc5c(-c5cc6ccccc6c6ccccc56)c5ccc6ccccc6c45)cc3)cccc2c1. The lowest BCUT2D eigenvalue weighted by Crippen LogP contribution is -1.93. The fourth-order valence-electron chi connectivity index (χ4n) is 8.09. The van der Waals surface area contributed by atoms with Crippen molar-refractivity contribution in [3.8, 4) is 33.4 Å². The van der Waals surface area contributed by atoms with E-state index in [1.54, 1.807) is 0 Å². The van der Waals surface area contributed by atoms with Crippen LogP contribution in [0.15, 0.2) is 182 Å². The molecule has 0 N–H and O–H groups in total. The molecule has 0 aromatic heterocycles. The van der Waals surface area contributed by atoms with Gasteiger partial charge in [0.05, 0.1) is 0 Å². The zero-order chi connectivity index (χ0) is 31.6. The van der Waals surface area contributed by atoms with Crippen LogP contribution in [-0.4, -0.2) is 0 Å². The first-order valence-electron chi connectivity index (χ1n) is 16.7. The smallest absolute Gasteiger partial charge is 0.00141 e. The van der Waals surface area contributed by atoms with E-state index < -0.39 is 0 Å². The third-order valence-corrected chi connectivity index (χ3v) is 10.2. The quantitative estimate of drug-likeness (QED) is 0.139. The van der Waals surface area contributed by atoms with Crippen LogP contribution in [0.25, 0.3) is 98.0 Å². The van der Waals surface area contributed by atoms with Crippen LogP contribution in [0.4, 0.5) is 0 Å².